The number of rotatable bonds is 6. The number of aliphatic imine (C=N–C) groups is 1. The molecule has 146 valence electrons. The second-order valence-electron chi connectivity index (χ2n) is 7.50. The number of nitrogens with zero attached hydrogens (tertiary/aromatic N) is 2. The third kappa shape index (κ3) is 5.49. The molecule has 3 rings (SSSR count). The minimum Gasteiger partial charge on any atom is -0.491 e. The summed E-state index contributed by atoms with van der Waals surface area (Å²) < 4.78 is 5.67. The predicted molar refractivity (Wildman–Crippen MR) is 117 cm³/mol. The number of benzene rings is 1. The molecule has 1 aromatic carbocycles. The minimum atomic E-state index is -0.602. The zero-order valence-corrected chi connectivity index (χ0v) is 18.2. The molecule has 2 N–H and O–H groups in total. The molecular formula is C20H32IN3O2. The van der Waals surface area contributed by atoms with E-state index in [2.05, 4.69) is 22.1 Å². The zero-order chi connectivity index (χ0) is 17.7. The summed E-state index contributed by atoms with van der Waals surface area (Å²) in [4.78, 5) is 7.01. The number of aryl methyl sites for hydroxylation is 1. The van der Waals surface area contributed by atoms with Crippen molar-refractivity contribution < 1.29 is 9.84 Å². The number of aliphatic hydroxyl groups excluding tert-OH is 1. The van der Waals surface area contributed by atoms with E-state index < -0.39 is 6.10 Å². The van der Waals surface area contributed by atoms with Crippen LogP contribution >= 0.6 is 24.0 Å². The van der Waals surface area contributed by atoms with Crippen molar-refractivity contribution in [1.29, 1.82) is 0 Å². The zero-order valence-electron chi connectivity index (χ0n) is 15.9. The summed E-state index contributed by atoms with van der Waals surface area (Å²) >= 11 is 0. The highest BCUT2D eigenvalue weighted by atomic mass is 127. The van der Waals surface area contributed by atoms with Gasteiger partial charge in [0.05, 0.1) is 6.54 Å². The molecule has 1 spiro atoms. The number of hydrogen-bond acceptors (Lipinski definition) is 3. The van der Waals surface area contributed by atoms with Gasteiger partial charge in [0.15, 0.2) is 5.96 Å². The van der Waals surface area contributed by atoms with Crippen LogP contribution in [0.15, 0.2) is 29.3 Å². The summed E-state index contributed by atoms with van der Waals surface area (Å²) in [5, 5.41) is 13.6. The summed E-state index contributed by atoms with van der Waals surface area (Å²) in [7, 11) is 0. The van der Waals surface area contributed by atoms with Crippen LogP contribution in [0, 0.1) is 12.3 Å². The largest absolute Gasteiger partial charge is 0.491 e. The third-order valence-corrected chi connectivity index (χ3v) is 5.37. The number of nitrogens with one attached hydrogen (secondary N) is 1. The van der Waals surface area contributed by atoms with Gasteiger partial charge in [-0.1, -0.05) is 18.6 Å². The highest BCUT2D eigenvalue weighted by Crippen LogP contribution is 2.47. The molecule has 2 fully saturated rings. The van der Waals surface area contributed by atoms with Crippen molar-refractivity contribution in [2.75, 3.05) is 32.8 Å². The molecule has 0 amide bonds. The standard InChI is InChI=1S/C20H31N3O2.HI/c1-3-21-19(23-11-10-20(15-23)8-5-9-20)22-13-17(24)14-25-18-7-4-6-16(2)12-18;/h4,6-7,12,17,24H,3,5,8-11,13-15H2,1-2H3,(H,21,22);1H. The number of halogens is 1. The van der Waals surface area contributed by atoms with E-state index in [1.165, 1.54) is 25.7 Å². The number of likely N-dealkylation sites (tertiary alicyclic amines) is 1. The summed E-state index contributed by atoms with van der Waals surface area (Å²) in [5.74, 6) is 1.72. The quantitative estimate of drug-likeness (QED) is 0.379. The molecule has 2 aliphatic rings. The molecule has 26 heavy (non-hydrogen) atoms. The van der Waals surface area contributed by atoms with Gasteiger partial charge < -0.3 is 20.1 Å². The van der Waals surface area contributed by atoms with Crippen molar-refractivity contribution in [2.24, 2.45) is 10.4 Å². The van der Waals surface area contributed by atoms with Gasteiger partial charge in [0.2, 0.25) is 0 Å². The summed E-state index contributed by atoms with van der Waals surface area (Å²) in [5.41, 5.74) is 1.70. The fourth-order valence-corrected chi connectivity index (χ4v) is 3.77. The molecule has 0 radical (unpaired) electrons. The van der Waals surface area contributed by atoms with Gasteiger partial charge in [-0.25, -0.2) is 0 Å². The van der Waals surface area contributed by atoms with E-state index in [4.69, 9.17) is 4.74 Å². The lowest BCUT2D eigenvalue weighted by Gasteiger charge is -2.38. The Labute approximate surface area is 174 Å². The van der Waals surface area contributed by atoms with Gasteiger partial charge in [0, 0.05) is 19.6 Å². The monoisotopic (exact) mass is 473 g/mol. The fourth-order valence-electron chi connectivity index (χ4n) is 3.77. The fraction of sp³-hybridized carbons (Fsp3) is 0.650. The van der Waals surface area contributed by atoms with E-state index in [1.54, 1.807) is 0 Å². The first kappa shape index (κ1) is 21.3. The maximum atomic E-state index is 10.2. The lowest BCUT2D eigenvalue weighted by atomic mass is 9.68. The summed E-state index contributed by atoms with van der Waals surface area (Å²) in [6, 6.07) is 7.88. The highest BCUT2D eigenvalue weighted by Gasteiger charge is 2.43. The van der Waals surface area contributed by atoms with Crippen molar-refractivity contribution in [2.45, 2.75) is 45.6 Å². The van der Waals surface area contributed by atoms with Crippen molar-refractivity contribution in [3.63, 3.8) is 0 Å². The topological polar surface area (TPSA) is 57.1 Å². The smallest absolute Gasteiger partial charge is 0.194 e. The van der Waals surface area contributed by atoms with E-state index >= 15 is 0 Å². The SMILES string of the molecule is CCNC(=NCC(O)COc1cccc(C)c1)N1CCC2(CCC2)C1.I. The molecule has 1 aliphatic carbocycles. The van der Waals surface area contributed by atoms with Crippen molar-refractivity contribution in [1.82, 2.24) is 10.2 Å². The van der Waals surface area contributed by atoms with Crippen LogP contribution < -0.4 is 10.1 Å². The molecule has 1 atom stereocenters. The Bertz CT molecular complexity index is 604. The Morgan fingerprint density at radius 1 is 1.38 bits per heavy atom. The summed E-state index contributed by atoms with van der Waals surface area (Å²) in [6.45, 7) is 7.76. The van der Waals surface area contributed by atoms with Crippen LogP contribution in [0.2, 0.25) is 0 Å². The van der Waals surface area contributed by atoms with Crippen LogP contribution in [0.1, 0.15) is 38.2 Å². The van der Waals surface area contributed by atoms with Crippen molar-refractivity contribution >= 4 is 29.9 Å². The van der Waals surface area contributed by atoms with Gasteiger partial charge in [-0.3, -0.25) is 4.99 Å². The summed E-state index contributed by atoms with van der Waals surface area (Å²) in [6.07, 6.45) is 4.76. The molecule has 0 aromatic heterocycles. The van der Waals surface area contributed by atoms with Crippen LogP contribution in [0.5, 0.6) is 5.75 Å². The molecular weight excluding hydrogens is 441 g/mol. The maximum Gasteiger partial charge on any atom is 0.194 e. The van der Waals surface area contributed by atoms with E-state index in [0.29, 0.717) is 12.0 Å². The van der Waals surface area contributed by atoms with Gasteiger partial charge >= 0.3 is 0 Å². The first-order valence-corrected chi connectivity index (χ1v) is 9.51. The molecule has 1 aliphatic heterocycles. The van der Waals surface area contributed by atoms with Crippen molar-refractivity contribution in [3.8, 4) is 5.75 Å². The average molecular weight is 473 g/mol. The molecule has 1 aromatic rings. The Kier molecular flexibility index (Phi) is 8.01. The third-order valence-electron chi connectivity index (χ3n) is 5.37. The molecule has 1 saturated carbocycles. The molecule has 1 saturated heterocycles. The van der Waals surface area contributed by atoms with Crippen LogP contribution in [0.25, 0.3) is 0 Å². The average Bonchev–Trinajstić information content (AvgIpc) is 3.03. The normalized spacial score (nSPS) is 19.7. The van der Waals surface area contributed by atoms with Crippen LogP contribution in [-0.2, 0) is 0 Å². The number of aliphatic hydroxyl groups is 1. The van der Waals surface area contributed by atoms with Gasteiger partial charge in [0.25, 0.3) is 0 Å². The lowest BCUT2D eigenvalue weighted by molar-refractivity contribution is 0.114. The van der Waals surface area contributed by atoms with Gasteiger partial charge in [0.1, 0.15) is 18.5 Å². The number of hydrogen-bond donors (Lipinski definition) is 2. The minimum absolute atomic E-state index is 0. The van der Waals surface area contributed by atoms with Gasteiger partial charge in [-0.2, -0.15) is 0 Å². The van der Waals surface area contributed by atoms with E-state index in [1.807, 2.05) is 31.2 Å². The second kappa shape index (κ2) is 9.78. The lowest BCUT2D eigenvalue weighted by Crippen LogP contribution is -2.43. The van der Waals surface area contributed by atoms with E-state index in [-0.39, 0.29) is 30.6 Å². The maximum absolute atomic E-state index is 10.2. The number of guanidine groups is 1. The van der Waals surface area contributed by atoms with Gasteiger partial charge in [-0.05, 0) is 56.2 Å². The van der Waals surface area contributed by atoms with Crippen molar-refractivity contribution in [3.05, 3.63) is 29.8 Å². The molecule has 6 heteroatoms. The first-order valence-electron chi connectivity index (χ1n) is 9.51. The first-order chi connectivity index (χ1) is 12.1. The Morgan fingerprint density at radius 3 is 2.81 bits per heavy atom. The molecule has 5 nitrogen and oxygen atoms in total. The van der Waals surface area contributed by atoms with Crippen LogP contribution in [-0.4, -0.2) is 54.9 Å². The Morgan fingerprint density at radius 2 is 2.19 bits per heavy atom. The van der Waals surface area contributed by atoms with E-state index in [9.17, 15) is 5.11 Å². The Balaban J connectivity index is 0.00000243. The second-order valence-corrected chi connectivity index (χ2v) is 7.50. The van der Waals surface area contributed by atoms with E-state index in [0.717, 1.165) is 36.9 Å². The number of ether oxygens (including phenoxy) is 1. The molecule has 1 unspecified atom stereocenters. The predicted octanol–water partition coefficient (Wildman–Crippen LogP) is 3.19. The molecule has 1 heterocycles. The molecule has 0 bridgehead atoms. The Hall–Kier alpha value is -1.02. The van der Waals surface area contributed by atoms with Crippen LogP contribution in [0.3, 0.4) is 0 Å². The highest BCUT2D eigenvalue weighted by molar-refractivity contribution is 14.0. The van der Waals surface area contributed by atoms with Gasteiger partial charge in [-0.15, -0.1) is 24.0 Å². The van der Waals surface area contributed by atoms with Crippen LogP contribution in [0.4, 0.5) is 0 Å².